The number of nitrogens with zero attached hydrogens (tertiary/aromatic N) is 1. The van der Waals surface area contributed by atoms with Crippen molar-refractivity contribution in [1.29, 1.82) is 0 Å². The number of alkyl halides is 3. The lowest BCUT2D eigenvalue weighted by Crippen LogP contribution is -2.19. The average Bonchev–Trinajstić information content (AvgIpc) is 2.50. The van der Waals surface area contributed by atoms with Crippen LogP contribution in [0.4, 0.5) is 18.9 Å². The molecule has 0 unspecified atom stereocenters. The first-order chi connectivity index (χ1) is 11.2. The minimum atomic E-state index is -4.57. The molecule has 0 saturated carbocycles. The first-order valence-corrected chi connectivity index (χ1v) is 7.61. The van der Waals surface area contributed by atoms with E-state index in [1.54, 1.807) is 6.07 Å². The zero-order valence-electron chi connectivity index (χ0n) is 11.9. The third-order valence-electron chi connectivity index (χ3n) is 2.94. The Morgan fingerprint density at radius 1 is 1.25 bits per heavy atom. The van der Waals surface area contributed by atoms with Crippen LogP contribution in [0.5, 0.6) is 0 Å². The van der Waals surface area contributed by atoms with Gasteiger partial charge >= 0.3 is 6.18 Å². The molecule has 0 atom stereocenters. The van der Waals surface area contributed by atoms with Gasteiger partial charge in [0, 0.05) is 10.2 Å². The summed E-state index contributed by atoms with van der Waals surface area (Å²) in [4.78, 5) is 12.0. The molecule has 0 saturated heterocycles. The average molecular weight is 421 g/mol. The predicted molar refractivity (Wildman–Crippen MR) is 90.1 cm³/mol. The summed E-state index contributed by atoms with van der Waals surface area (Å²) in [6.07, 6.45) is -3.49. The van der Waals surface area contributed by atoms with Gasteiger partial charge in [-0.1, -0.05) is 33.6 Å². The molecular formula is C15H10BrClF3N3O. The maximum Gasteiger partial charge on any atom is 0.417 e. The van der Waals surface area contributed by atoms with E-state index in [4.69, 9.17) is 17.3 Å². The highest BCUT2D eigenvalue weighted by molar-refractivity contribution is 9.10. The lowest BCUT2D eigenvalue weighted by Gasteiger charge is -2.09. The van der Waals surface area contributed by atoms with Gasteiger partial charge in [0.1, 0.15) is 0 Å². The second-order valence-corrected chi connectivity index (χ2v) is 5.99. The van der Waals surface area contributed by atoms with E-state index in [-0.39, 0.29) is 16.8 Å². The van der Waals surface area contributed by atoms with Gasteiger partial charge in [-0.3, -0.25) is 4.79 Å². The number of hydrazone groups is 1. The van der Waals surface area contributed by atoms with Crippen molar-refractivity contribution in [3.05, 3.63) is 62.6 Å². The molecule has 9 heteroatoms. The van der Waals surface area contributed by atoms with E-state index >= 15 is 0 Å². The smallest absolute Gasteiger partial charge is 0.398 e. The van der Waals surface area contributed by atoms with Gasteiger partial charge in [0.05, 0.1) is 22.4 Å². The van der Waals surface area contributed by atoms with Crippen molar-refractivity contribution in [3.8, 4) is 0 Å². The first kappa shape index (κ1) is 18.3. The van der Waals surface area contributed by atoms with E-state index in [1.165, 1.54) is 18.2 Å². The van der Waals surface area contributed by atoms with Crippen molar-refractivity contribution < 1.29 is 18.0 Å². The monoisotopic (exact) mass is 419 g/mol. The molecule has 1 amide bonds. The number of nitrogens with two attached hydrogens (primary N) is 1. The van der Waals surface area contributed by atoms with Crippen molar-refractivity contribution in [2.24, 2.45) is 5.10 Å². The van der Waals surface area contributed by atoms with E-state index in [2.05, 4.69) is 26.5 Å². The number of carbonyl (C=O) groups excluding carboxylic acids is 1. The zero-order chi connectivity index (χ0) is 17.9. The lowest BCUT2D eigenvalue weighted by molar-refractivity contribution is -0.137. The summed E-state index contributed by atoms with van der Waals surface area (Å²) in [6.45, 7) is 0. The fourth-order valence-electron chi connectivity index (χ4n) is 1.79. The summed E-state index contributed by atoms with van der Waals surface area (Å²) in [5.41, 5.74) is 7.48. The third kappa shape index (κ3) is 4.48. The normalized spacial score (nSPS) is 11.7. The van der Waals surface area contributed by atoms with Gasteiger partial charge in [0.2, 0.25) is 0 Å². The molecule has 126 valence electrons. The number of carbonyl (C=O) groups is 1. The van der Waals surface area contributed by atoms with Gasteiger partial charge in [-0.25, -0.2) is 5.43 Å². The molecule has 2 aromatic carbocycles. The molecule has 3 N–H and O–H groups in total. The van der Waals surface area contributed by atoms with Crippen LogP contribution in [0.2, 0.25) is 5.02 Å². The number of halogens is 5. The number of benzene rings is 2. The summed E-state index contributed by atoms with van der Waals surface area (Å²) < 4.78 is 38.9. The molecule has 0 aromatic heterocycles. The number of nitrogen functional groups attached to an aromatic ring is 1. The van der Waals surface area contributed by atoms with E-state index < -0.39 is 22.7 Å². The van der Waals surface area contributed by atoms with Crippen LogP contribution in [-0.2, 0) is 6.18 Å². The molecule has 4 nitrogen and oxygen atoms in total. The molecule has 0 radical (unpaired) electrons. The highest BCUT2D eigenvalue weighted by Crippen LogP contribution is 2.34. The second kappa shape index (κ2) is 7.23. The van der Waals surface area contributed by atoms with Gasteiger partial charge < -0.3 is 5.73 Å². The summed E-state index contributed by atoms with van der Waals surface area (Å²) in [5, 5.41) is 3.22. The SMILES string of the molecule is Nc1ccc(Br)cc1C(=O)NN=Cc1ccc(Cl)c(C(F)(F)F)c1. The molecule has 2 rings (SSSR count). The van der Waals surface area contributed by atoms with Gasteiger partial charge in [-0.15, -0.1) is 0 Å². The van der Waals surface area contributed by atoms with Crippen LogP contribution in [0.15, 0.2) is 46.0 Å². The standard InChI is InChI=1S/C15H10BrClF3N3O/c16-9-2-4-13(21)10(6-9)14(24)23-22-7-8-1-3-12(17)11(5-8)15(18,19)20/h1-7H,21H2,(H,23,24). The Morgan fingerprint density at radius 2 is 1.96 bits per heavy atom. The van der Waals surface area contributed by atoms with Crippen LogP contribution in [0.3, 0.4) is 0 Å². The number of hydrogen-bond donors (Lipinski definition) is 2. The van der Waals surface area contributed by atoms with Crippen molar-refractivity contribution in [1.82, 2.24) is 5.43 Å². The molecule has 2 aromatic rings. The molecule has 0 fully saturated rings. The highest BCUT2D eigenvalue weighted by atomic mass is 79.9. The number of hydrogen-bond acceptors (Lipinski definition) is 3. The fourth-order valence-corrected chi connectivity index (χ4v) is 2.38. The Kier molecular flexibility index (Phi) is 5.51. The zero-order valence-corrected chi connectivity index (χ0v) is 14.2. The van der Waals surface area contributed by atoms with Crippen LogP contribution in [0.1, 0.15) is 21.5 Å². The molecule has 0 heterocycles. The van der Waals surface area contributed by atoms with Crippen LogP contribution in [-0.4, -0.2) is 12.1 Å². The summed E-state index contributed by atoms with van der Waals surface area (Å²) in [6, 6.07) is 8.01. The molecule has 0 aliphatic heterocycles. The summed E-state index contributed by atoms with van der Waals surface area (Å²) >= 11 is 8.73. The van der Waals surface area contributed by atoms with Crippen molar-refractivity contribution in [3.63, 3.8) is 0 Å². The Balaban J connectivity index is 2.15. The van der Waals surface area contributed by atoms with Crippen LogP contribution < -0.4 is 11.2 Å². The van der Waals surface area contributed by atoms with Crippen LogP contribution in [0.25, 0.3) is 0 Å². The van der Waals surface area contributed by atoms with Crippen LogP contribution >= 0.6 is 27.5 Å². The molecule has 0 aliphatic carbocycles. The Labute approximate surface area is 148 Å². The first-order valence-electron chi connectivity index (χ1n) is 6.43. The molecule has 0 aliphatic rings. The number of anilines is 1. The molecule has 0 spiro atoms. The van der Waals surface area contributed by atoms with Gasteiger partial charge in [0.25, 0.3) is 5.91 Å². The van der Waals surface area contributed by atoms with E-state index in [1.807, 2.05) is 0 Å². The minimum absolute atomic E-state index is 0.134. The number of amides is 1. The predicted octanol–water partition coefficient (Wildman–Crippen LogP) is 4.47. The maximum absolute atomic E-state index is 12.8. The van der Waals surface area contributed by atoms with Crippen molar-refractivity contribution in [2.75, 3.05) is 5.73 Å². The lowest BCUT2D eigenvalue weighted by atomic mass is 10.1. The van der Waals surface area contributed by atoms with E-state index in [0.29, 0.717) is 4.47 Å². The quantitative estimate of drug-likeness (QED) is 0.437. The second-order valence-electron chi connectivity index (χ2n) is 4.67. The van der Waals surface area contributed by atoms with E-state index in [9.17, 15) is 18.0 Å². The molecular weight excluding hydrogens is 411 g/mol. The van der Waals surface area contributed by atoms with Gasteiger partial charge in [-0.2, -0.15) is 18.3 Å². The maximum atomic E-state index is 12.8. The summed E-state index contributed by atoms with van der Waals surface area (Å²) in [7, 11) is 0. The van der Waals surface area contributed by atoms with E-state index in [0.717, 1.165) is 18.3 Å². The topological polar surface area (TPSA) is 67.5 Å². The Bertz CT molecular complexity index is 809. The fraction of sp³-hybridized carbons (Fsp3) is 0.0667. The molecule has 24 heavy (non-hydrogen) atoms. The Morgan fingerprint density at radius 3 is 2.62 bits per heavy atom. The molecule has 0 bridgehead atoms. The third-order valence-corrected chi connectivity index (χ3v) is 3.76. The highest BCUT2D eigenvalue weighted by Gasteiger charge is 2.33. The van der Waals surface area contributed by atoms with Crippen LogP contribution in [0, 0.1) is 0 Å². The largest absolute Gasteiger partial charge is 0.417 e. The van der Waals surface area contributed by atoms with Crippen molar-refractivity contribution >= 4 is 45.3 Å². The van der Waals surface area contributed by atoms with Crippen molar-refractivity contribution in [2.45, 2.75) is 6.18 Å². The van der Waals surface area contributed by atoms with Gasteiger partial charge in [-0.05, 0) is 35.9 Å². The summed E-state index contributed by atoms with van der Waals surface area (Å²) in [5.74, 6) is -0.588. The Hall–Kier alpha value is -2.06. The number of nitrogens with one attached hydrogen (secondary N) is 1. The number of rotatable bonds is 3. The van der Waals surface area contributed by atoms with Gasteiger partial charge in [0.15, 0.2) is 0 Å². The minimum Gasteiger partial charge on any atom is -0.398 e.